The van der Waals surface area contributed by atoms with Gasteiger partial charge in [0, 0.05) is 18.0 Å². The minimum absolute atomic E-state index is 0.0753. The largest absolute Gasteiger partial charge is 0.375 e. The van der Waals surface area contributed by atoms with Crippen LogP contribution in [0.3, 0.4) is 0 Å². The van der Waals surface area contributed by atoms with Crippen LogP contribution in [0, 0.1) is 0 Å². The SMILES string of the molecule is C=Cc1cc(C(=O)N2CCOC(C)C2)sc1C=C. The van der Waals surface area contributed by atoms with E-state index in [-0.39, 0.29) is 12.0 Å². The van der Waals surface area contributed by atoms with E-state index < -0.39 is 0 Å². The number of rotatable bonds is 3. The first-order valence-electron chi connectivity index (χ1n) is 5.95. The summed E-state index contributed by atoms with van der Waals surface area (Å²) in [6.07, 6.45) is 3.63. The van der Waals surface area contributed by atoms with Crippen molar-refractivity contribution in [3.8, 4) is 0 Å². The van der Waals surface area contributed by atoms with Crippen LogP contribution in [0.5, 0.6) is 0 Å². The molecular formula is C14H17NO2S. The molecule has 1 fully saturated rings. The minimum Gasteiger partial charge on any atom is -0.375 e. The third-order valence-electron chi connectivity index (χ3n) is 2.94. The molecule has 0 saturated carbocycles. The van der Waals surface area contributed by atoms with E-state index in [9.17, 15) is 4.79 Å². The van der Waals surface area contributed by atoms with Gasteiger partial charge in [0.25, 0.3) is 5.91 Å². The Labute approximate surface area is 111 Å². The van der Waals surface area contributed by atoms with Crippen LogP contribution >= 0.6 is 11.3 Å². The number of nitrogens with zero attached hydrogens (tertiary/aromatic N) is 1. The van der Waals surface area contributed by atoms with Crippen LogP contribution in [-0.4, -0.2) is 36.6 Å². The molecule has 1 saturated heterocycles. The number of amides is 1. The van der Waals surface area contributed by atoms with Crippen LogP contribution in [-0.2, 0) is 4.74 Å². The van der Waals surface area contributed by atoms with E-state index in [0.29, 0.717) is 19.7 Å². The molecule has 1 amide bonds. The second-order valence-electron chi connectivity index (χ2n) is 4.27. The van der Waals surface area contributed by atoms with Crippen molar-refractivity contribution in [3.05, 3.63) is 34.5 Å². The molecule has 0 radical (unpaired) electrons. The van der Waals surface area contributed by atoms with Gasteiger partial charge in [-0.3, -0.25) is 4.79 Å². The molecule has 0 aromatic carbocycles. The van der Waals surface area contributed by atoms with E-state index in [1.807, 2.05) is 17.9 Å². The average Bonchev–Trinajstić information content (AvgIpc) is 2.81. The summed E-state index contributed by atoms with van der Waals surface area (Å²) in [5.41, 5.74) is 0.972. The lowest BCUT2D eigenvalue weighted by Gasteiger charge is -2.30. The highest BCUT2D eigenvalue weighted by molar-refractivity contribution is 7.15. The normalized spacial score (nSPS) is 19.6. The maximum atomic E-state index is 12.4. The van der Waals surface area contributed by atoms with Crippen molar-refractivity contribution in [1.29, 1.82) is 0 Å². The summed E-state index contributed by atoms with van der Waals surface area (Å²) in [6, 6.07) is 1.89. The van der Waals surface area contributed by atoms with Gasteiger partial charge < -0.3 is 9.64 Å². The van der Waals surface area contributed by atoms with Crippen LogP contribution in [0.4, 0.5) is 0 Å². The Bertz CT molecular complexity index is 453. The van der Waals surface area contributed by atoms with Gasteiger partial charge in [0.1, 0.15) is 0 Å². The zero-order valence-corrected chi connectivity index (χ0v) is 11.3. The maximum absolute atomic E-state index is 12.4. The third kappa shape index (κ3) is 2.54. The molecule has 2 heterocycles. The standard InChI is InChI=1S/C14H17NO2S/c1-4-11-8-13(18-12(11)5-2)14(16)15-6-7-17-10(3)9-15/h4-5,8,10H,1-2,6-7,9H2,3H3. The fraction of sp³-hybridized carbons (Fsp3) is 0.357. The zero-order chi connectivity index (χ0) is 13.1. The highest BCUT2D eigenvalue weighted by Gasteiger charge is 2.24. The predicted molar refractivity (Wildman–Crippen MR) is 75.8 cm³/mol. The molecule has 1 aromatic heterocycles. The second kappa shape index (κ2) is 5.50. The van der Waals surface area contributed by atoms with Gasteiger partial charge in [-0.15, -0.1) is 11.3 Å². The van der Waals surface area contributed by atoms with Gasteiger partial charge in [-0.1, -0.05) is 25.3 Å². The predicted octanol–water partition coefficient (Wildman–Crippen LogP) is 2.90. The molecular weight excluding hydrogens is 246 g/mol. The number of carbonyl (C=O) groups excluding carboxylic acids is 1. The Kier molecular flexibility index (Phi) is 3.99. The van der Waals surface area contributed by atoms with E-state index in [4.69, 9.17) is 4.74 Å². The molecule has 0 spiro atoms. The van der Waals surface area contributed by atoms with Gasteiger partial charge in [0.2, 0.25) is 0 Å². The van der Waals surface area contributed by atoms with Crippen LogP contribution < -0.4 is 0 Å². The first-order valence-corrected chi connectivity index (χ1v) is 6.77. The molecule has 1 aromatic rings. The lowest BCUT2D eigenvalue weighted by atomic mass is 10.2. The quantitative estimate of drug-likeness (QED) is 0.839. The van der Waals surface area contributed by atoms with Crippen LogP contribution in [0.25, 0.3) is 12.2 Å². The van der Waals surface area contributed by atoms with Crippen molar-refractivity contribution in [2.75, 3.05) is 19.7 Å². The fourth-order valence-corrected chi connectivity index (χ4v) is 2.99. The smallest absolute Gasteiger partial charge is 0.264 e. The summed E-state index contributed by atoms with van der Waals surface area (Å²) in [4.78, 5) is 15.9. The van der Waals surface area contributed by atoms with Gasteiger partial charge in [-0.05, 0) is 18.6 Å². The minimum atomic E-state index is 0.0753. The molecule has 96 valence electrons. The van der Waals surface area contributed by atoms with E-state index in [1.165, 1.54) is 11.3 Å². The molecule has 1 aliphatic heterocycles. The second-order valence-corrected chi connectivity index (χ2v) is 5.35. The maximum Gasteiger partial charge on any atom is 0.264 e. The van der Waals surface area contributed by atoms with Crippen LogP contribution in [0.2, 0.25) is 0 Å². The van der Waals surface area contributed by atoms with Crippen molar-refractivity contribution in [2.24, 2.45) is 0 Å². The Hall–Kier alpha value is -1.39. The summed E-state index contributed by atoms with van der Waals surface area (Å²) < 4.78 is 5.44. The van der Waals surface area contributed by atoms with E-state index in [1.54, 1.807) is 12.2 Å². The van der Waals surface area contributed by atoms with Gasteiger partial charge in [-0.25, -0.2) is 0 Å². The number of hydrogen-bond acceptors (Lipinski definition) is 3. The molecule has 4 heteroatoms. The van der Waals surface area contributed by atoms with E-state index >= 15 is 0 Å². The van der Waals surface area contributed by atoms with Gasteiger partial charge in [0.05, 0.1) is 17.6 Å². The molecule has 0 N–H and O–H groups in total. The molecule has 2 rings (SSSR count). The lowest BCUT2D eigenvalue weighted by Crippen LogP contribution is -2.44. The van der Waals surface area contributed by atoms with Crippen LogP contribution in [0.1, 0.15) is 27.0 Å². The monoisotopic (exact) mass is 263 g/mol. The molecule has 0 aliphatic carbocycles. The molecule has 1 atom stereocenters. The summed E-state index contributed by atoms with van der Waals surface area (Å²) in [6.45, 7) is 11.4. The number of ether oxygens (including phenoxy) is 1. The van der Waals surface area contributed by atoms with Gasteiger partial charge >= 0.3 is 0 Å². The van der Waals surface area contributed by atoms with Crippen molar-refractivity contribution in [1.82, 2.24) is 4.90 Å². The van der Waals surface area contributed by atoms with Gasteiger partial charge in [0.15, 0.2) is 0 Å². The summed E-state index contributed by atoms with van der Waals surface area (Å²) in [7, 11) is 0. The third-order valence-corrected chi connectivity index (χ3v) is 4.07. The highest BCUT2D eigenvalue weighted by Crippen LogP contribution is 2.26. The van der Waals surface area contributed by atoms with E-state index in [0.717, 1.165) is 15.3 Å². The topological polar surface area (TPSA) is 29.5 Å². The number of carbonyl (C=O) groups is 1. The Morgan fingerprint density at radius 1 is 1.56 bits per heavy atom. The molecule has 0 bridgehead atoms. The highest BCUT2D eigenvalue weighted by atomic mass is 32.1. The van der Waals surface area contributed by atoms with Crippen LogP contribution in [0.15, 0.2) is 19.2 Å². The summed E-state index contributed by atoms with van der Waals surface area (Å²) in [5, 5.41) is 0. The Balaban J connectivity index is 2.20. The van der Waals surface area contributed by atoms with Crippen molar-refractivity contribution >= 4 is 29.4 Å². The van der Waals surface area contributed by atoms with Gasteiger partial charge in [-0.2, -0.15) is 0 Å². The van der Waals surface area contributed by atoms with E-state index in [2.05, 4.69) is 13.2 Å². The Morgan fingerprint density at radius 2 is 2.33 bits per heavy atom. The Morgan fingerprint density at radius 3 is 2.89 bits per heavy atom. The number of thiophene rings is 1. The molecule has 18 heavy (non-hydrogen) atoms. The zero-order valence-electron chi connectivity index (χ0n) is 10.5. The van der Waals surface area contributed by atoms with Crippen molar-refractivity contribution in [3.63, 3.8) is 0 Å². The number of hydrogen-bond donors (Lipinski definition) is 0. The molecule has 3 nitrogen and oxygen atoms in total. The molecule has 1 aliphatic rings. The van der Waals surface area contributed by atoms with Crippen molar-refractivity contribution in [2.45, 2.75) is 13.0 Å². The number of morpholine rings is 1. The molecule has 1 unspecified atom stereocenters. The van der Waals surface area contributed by atoms with Crippen molar-refractivity contribution < 1.29 is 9.53 Å². The first-order chi connectivity index (χ1) is 8.65. The average molecular weight is 263 g/mol. The summed E-state index contributed by atoms with van der Waals surface area (Å²) >= 11 is 1.47. The first kappa shape index (κ1) is 13.1. The summed E-state index contributed by atoms with van der Waals surface area (Å²) in [5.74, 6) is 0.0753. The lowest BCUT2D eigenvalue weighted by molar-refractivity contribution is -0.0122. The fourth-order valence-electron chi connectivity index (χ4n) is 2.00.